The van der Waals surface area contributed by atoms with Gasteiger partial charge >= 0.3 is 0 Å². The van der Waals surface area contributed by atoms with Crippen molar-refractivity contribution < 1.29 is 39.8 Å². The van der Waals surface area contributed by atoms with Crippen LogP contribution in [0.2, 0.25) is 0 Å². The highest BCUT2D eigenvalue weighted by molar-refractivity contribution is 5.76. The van der Waals surface area contributed by atoms with Crippen LogP contribution in [0.3, 0.4) is 0 Å². The predicted molar refractivity (Wildman–Crippen MR) is 368 cm³/mol. The molecule has 6 N–H and O–H groups in total. The molecular weight excluding hydrogens is 1070 g/mol. The number of aliphatic hydroxyl groups is 5. The summed E-state index contributed by atoms with van der Waals surface area (Å²) in [6.45, 7) is 3.67. The summed E-state index contributed by atoms with van der Waals surface area (Å²) in [6.07, 6.45) is 89.2. The van der Waals surface area contributed by atoms with Crippen LogP contribution in [-0.2, 0) is 14.3 Å². The van der Waals surface area contributed by atoms with Gasteiger partial charge in [-0.25, -0.2) is 0 Å². The highest BCUT2D eigenvalue weighted by Crippen LogP contribution is 2.23. The lowest BCUT2D eigenvalue weighted by Gasteiger charge is -2.40. The lowest BCUT2D eigenvalue weighted by Crippen LogP contribution is -2.60. The number of aliphatic hydroxyl groups excluding tert-OH is 5. The number of hydrogen-bond acceptors (Lipinski definition) is 8. The summed E-state index contributed by atoms with van der Waals surface area (Å²) >= 11 is 0. The summed E-state index contributed by atoms with van der Waals surface area (Å²) in [6, 6.07) is -0.835. The van der Waals surface area contributed by atoms with Gasteiger partial charge in [-0.1, -0.05) is 322 Å². The minimum absolute atomic E-state index is 0.190. The fourth-order valence-electron chi connectivity index (χ4n) is 11.0. The van der Waals surface area contributed by atoms with E-state index in [1.807, 2.05) is 6.08 Å². The molecule has 0 aromatic rings. The van der Waals surface area contributed by atoms with E-state index in [-0.39, 0.29) is 12.5 Å². The average molecular weight is 1200 g/mol. The molecule has 0 aromatic carbocycles. The standard InChI is InChI=1S/C77H135NO8/c1-3-5-7-9-11-13-15-17-19-21-23-25-27-29-31-32-33-34-35-36-37-38-39-40-41-43-45-47-49-51-53-55-57-59-61-63-65-67-73(81)78-70(69-85-77-76(84)75(83)74(82)72(68-79)86-77)71(80)66-64-62-60-58-56-54-52-50-48-46-44-42-30-28-26-24-22-20-18-16-14-12-10-8-6-4-2/h5,7,11,13,17,19,23,25,29,31,33-34,48,50,56,58,64,66,70-72,74-77,79-80,82-84H,3-4,6,8-10,12,14-16,18,20-22,24,26-28,30,32,35-47,49,51-55,57,59-63,65,67-69H2,1-2H3,(H,78,81)/b7-5-,13-11-,19-17-,25-23-,31-29-,34-33-,50-48+,58-56+,66-64+. The van der Waals surface area contributed by atoms with Gasteiger partial charge in [0, 0.05) is 6.42 Å². The van der Waals surface area contributed by atoms with Crippen molar-refractivity contribution in [1.82, 2.24) is 5.32 Å². The van der Waals surface area contributed by atoms with Crippen LogP contribution in [0.15, 0.2) is 109 Å². The van der Waals surface area contributed by atoms with Gasteiger partial charge in [0.1, 0.15) is 24.4 Å². The van der Waals surface area contributed by atoms with Crippen LogP contribution in [0.5, 0.6) is 0 Å². The number of hydrogen-bond donors (Lipinski definition) is 6. The van der Waals surface area contributed by atoms with E-state index in [4.69, 9.17) is 9.47 Å². The Bertz CT molecular complexity index is 1730. The highest BCUT2D eigenvalue weighted by atomic mass is 16.7. The molecule has 7 unspecified atom stereocenters. The highest BCUT2D eigenvalue weighted by Gasteiger charge is 2.44. The van der Waals surface area contributed by atoms with E-state index in [1.54, 1.807) is 6.08 Å². The molecule has 1 rings (SSSR count). The maximum Gasteiger partial charge on any atom is 0.220 e. The molecule has 0 spiro atoms. The van der Waals surface area contributed by atoms with Crippen LogP contribution in [0.25, 0.3) is 0 Å². The number of carbonyl (C=O) groups excluding carboxylic acids is 1. The summed E-state index contributed by atoms with van der Waals surface area (Å²) in [5, 5.41) is 54.8. The van der Waals surface area contributed by atoms with Crippen LogP contribution in [0, 0.1) is 0 Å². The first-order chi connectivity index (χ1) is 42.3. The Morgan fingerprint density at radius 3 is 1.12 bits per heavy atom. The molecule has 1 amide bonds. The Morgan fingerprint density at radius 1 is 0.407 bits per heavy atom. The van der Waals surface area contributed by atoms with Gasteiger partial charge in [0.15, 0.2) is 6.29 Å². The molecule has 0 aliphatic carbocycles. The van der Waals surface area contributed by atoms with E-state index in [0.717, 1.165) is 83.5 Å². The molecule has 9 heteroatoms. The normalized spacial score (nSPS) is 18.7. The van der Waals surface area contributed by atoms with Gasteiger partial charge in [0.05, 0.1) is 25.4 Å². The second kappa shape index (κ2) is 64.8. The monoisotopic (exact) mass is 1200 g/mol. The third-order valence-electron chi connectivity index (χ3n) is 16.6. The molecule has 86 heavy (non-hydrogen) atoms. The summed E-state index contributed by atoms with van der Waals surface area (Å²) in [5.41, 5.74) is 0. The van der Waals surface area contributed by atoms with Gasteiger partial charge in [-0.15, -0.1) is 0 Å². The molecule has 7 atom stereocenters. The van der Waals surface area contributed by atoms with Gasteiger partial charge in [0.25, 0.3) is 0 Å². The molecular formula is C77H135NO8. The smallest absolute Gasteiger partial charge is 0.220 e. The quantitative estimate of drug-likeness (QED) is 0.0261. The third kappa shape index (κ3) is 52.8. The Hall–Kier alpha value is -3.15. The van der Waals surface area contributed by atoms with Crippen molar-refractivity contribution in [2.45, 2.75) is 358 Å². The van der Waals surface area contributed by atoms with Crippen LogP contribution in [0.4, 0.5) is 0 Å². The molecule has 1 heterocycles. The lowest BCUT2D eigenvalue weighted by atomic mass is 9.99. The zero-order chi connectivity index (χ0) is 62.1. The number of nitrogens with one attached hydrogen (secondary N) is 1. The first kappa shape index (κ1) is 80.9. The number of rotatable bonds is 62. The summed E-state index contributed by atoms with van der Waals surface area (Å²) in [4.78, 5) is 13.1. The van der Waals surface area contributed by atoms with Crippen LogP contribution in [0.1, 0.15) is 316 Å². The van der Waals surface area contributed by atoms with E-state index in [1.165, 1.54) is 212 Å². The summed E-state index contributed by atoms with van der Waals surface area (Å²) in [5.74, 6) is -0.190. The molecule has 0 bridgehead atoms. The van der Waals surface area contributed by atoms with Gasteiger partial charge in [-0.3, -0.25) is 4.79 Å². The maximum atomic E-state index is 13.1. The van der Waals surface area contributed by atoms with Crippen molar-refractivity contribution >= 4 is 5.91 Å². The van der Waals surface area contributed by atoms with Gasteiger partial charge in [-0.05, 0) is 96.3 Å². The van der Waals surface area contributed by atoms with Crippen molar-refractivity contribution in [2.75, 3.05) is 13.2 Å². The molecule has 0 saturated carbocycles. The molecule has 1 fully saturated rings. The Labute approximate surface area is 529 Å². The minimum Gasteiger partial charge on any atom is -0.394 e. The molecule has 1 aliphatic rings. The minimum atomic E-state index is -1.58. The number of carbonyl (C=O) groups is 1. The van der Waals surface area contributed by atoms with Crippen LogP contribution in [-0.4, -0.2) is 87.5 Å². The van der Waals surface area contributed by atoms with Gasteiger partial charge in [-0.2, -0.15) is 0 Å². The Kier molecular flexibility index (Phi) is 61.0. The Balaban J connectivity index is 2.14. The largest absolute Gasteiger partial charge is 0.394 e. The first-order valence-corrected chi connectivity index (χ1v) is 36.1. The zero-order valence-electron chi connectivity index (χ0n) is 55.5. The van der Waals surface area contributed by atoms with E-state index in [0.29, 0.717) is 6.42 Å². The first-order valence-electron chi connectivity index (χ1n) is 36.1. The van der Waals surface area contributed by atoms with Gasteiger partial charge < -0.3 is 40.3 Å². The third-order valence-corrected chi connectivity index (χ3v) is 16.6. The van der Waals surface area contributed by atoms with E-state index in [2.05, 4.69) is 116 Å². The second-order valence-corrected chi connectivity index (χ2v) is 24.6. The molecule has 1 saturated heterocycles. The fourth-order valence-corrected chi connectivity index (χ4v) is 11.0. The van der Waals surface area contributed by atoms with E-state index < -0.39 is 49.5 Å². The van der Waals surface area contributed by atoms with Crippen molar-refractivity contribution in [3.05, 3.63) is 109 Å². The fraction of sp³-hybridized carbons (Fsp3) is 0.753. The number of allylic oxidation sites excluding steroid dienone is 17. The topological polar surface area (TPSA) is 149 Å². The van der Waals surface area contributed by atoms with E-state index in [9.17, 15) is 30.3 Å². The van der Waals surface area contributed by atoms with Crippen LogP contribution < -0.4 is 5.32 Å². The Morgan fingerprint density at radius 2 is 0.733 bits per heavy atom. The van der Waals surface area contributed by atoms with Crippen LogP contribution >= 0.6 is 0 Å². The molecule has 0 radical (unpaired) electrons. The summed E-state index contributed by atoms with van der Waals surface area (Å²) < 4.78 is 11.3. The summed E-state index contributed by atoms with van der Waals surface area (Å²) in [7, 11) is 0. The van der Waals surface area contributed by atoms with Crippen molar-refractivity contribution in [3.8, 4) is 0 Å². The average Bonchev–Trinajstić information content (AvgIpc) is 2.44. The number of ether oxygens (including phenoxy) is 2. The SMILES string of the molecule is CC/C=C\C/C=C\C/C=C\C/C=C\C/C=C\C/C=C\CCCCCCCCCCCCCCCCCCCCC(=O)NC(COC1OC(CO)C(O)C(O)C1O)C(O)/C=C/CC/C=C/CC/C=C/CCCCCCCCCCCCCCCCCC. The number of unbranched alkanes of at least 4 members (excludes halogenated alkanes) is 36. The second-order valence-electron chi connectivity index (χ2n) is 24.6. The molecule has 1 aliphatic heterocycles. The van der Waals surface area contributed by atoms with E-state index >= 15 is 0 Å². The zero-order valence-corrected chi connectivity index (χ0v) is 55.5. The molecule has 9 nitrogen and oxygen atoms in total. The molecule has 496 valence electrons. The molecule has 0 aromatic heterocycles. The van der Waals surface area contributed by atoms with Crippen molar-refractivity contribution in [2.24, 2.45) is 0 Å². The number of amides is 1. The van der Waals surface area contributed by atoms with Crippen molar-refractivity contribution in [3.63, 3.8) is 0 Å². The van der Waals surface area contributed by atoms with Crippen molar-refractivity contribution in [1.29, 1.82) is 0 Å². The maximum absolute atomic E-state index is 13.1. The van der Waals surface area contributed by atoms with Gasteiger partial charge in [0.2, 0.25) is 5.91 Å². The lowest BCUT2D eigenvalue weighted by molar-refractivity contribution is -0.302. The predicted octanol–water partition coefficient (Wildman–Crippen LogP) is 20.0.